The van der Waals surface area contributed by atoms with Gasteiger partial charge in [0.2, 0.25) is 5.91 Å². The highest BCUT2D eigenvalue weighted by Crippen LogP contribution is 2.60. The van der Waals surface area contributed by atoms with Crippen LogP contribution in [0.1, 0.15) is 26.3 Å². The van der Waals surface area contributed by atoms with Gasteiger partial charge in [-0.25, -0.2) is 0 Å². The maximum Gasteiger partial charge on any atom is 0.234 e. The molecule has 2 fully saturated rings. The second kappa shape index (κ2) is 4.39. The number of β-lactam (4-membered cyclic amide) rings is 1. The molecule has 106 valence electrons. The van der Waals surface area contributed by atoms with Crippen LogP contribution < -0.4 is 0 Å². The van der Waals surface area contributed by atoms with Gasteiger partial charge in [0.15, 0.2) is 0 Å². The Morgan fingerprint density at radius 2 is 2.00 bits per heavy atom. The number of amides is 1. The summed E-state index contributed by atoms with van der Waals surface area (Å²) in [5.41, 5.74) is 2.38. The van der Waals surface area contributed by atoms with Gasteiger partial charge >= 0.3 is 0 Å². The minimum Gasteiger partial charge on any atom is -0.322 e. The second-order valence-corrected chi connectivity index (χ2v) is 7.92. The van der Waals surface area contributed by atoms with Gasteiger partial charge in [0.25, 0.3) is 0 Å². The molecule has 2 heterocycles. The molecule has 0 radical (unpaired) electrons. The highest BCUT2D eigenvalue weighted by Gasteiger charge is 2.64. The third-order valence-corrected chi connectivity index (χ3v) is 6.31. The van der Waals surface area contributed by atoms with E-state index < -0.39 is 0 Å². The molecule has 0 aromatic heterocycles. The monoisotopic (exact) mass is 287 g/mol. The van der Waals surface area contributed by atoms with Crippen molar-refractivity contribution in [2.45, 2.75) is 25.6 Å². The second-order valence-electron chi connectivity index (χ2n) is 6.72. The quantitative estimate of drug-likeness (QED) is 0.611. The number of thioether (sulfide) groups is 1. The van der Waals surface area contributed by atoms with E-state index in [9.17, 15) is 4.79 Å². The lowest BCUT2D eigenvalue weighted by Crippen LogP contribution is -2.71. The first-order chi connectivity index (χ1) is 9.38. The number of benzene rings is 1. The number of carbonyl (C=O) groups excluding carboxylic acids is 1. The summed E-state index contributed by atoms with van der Waals surface area (Å²) in [6.45, 7) is 11.3. The highest BCUT2D eigenvalue weighted by atomic mass is 32.2. The molecule has 1 aromatic carbocycles. The fraction of sp³-hybridized carbons (Fsp3) is 0.471. The first-order valence-corrected chi connectivity index (χ1v) is 8.03. The van der Waals surface area contributed by atoms with E-state index in [1.165, 1.54) is 5.56 Å². The van der Waals surface area contributed by atoms with Gasteiger partial charge in [-0.2, -0.15) is 0 Å². The molecular weight excluding hydrogens is 266 g/mol. The number of fused-ring (bicyclic) bond motifs is 1. The zero-order chi connectivity index (χ0) is 14.5. The van der Waals surface area contributed by atoms with Crippen molar-refractivity contribution in [3.8, 4) is 0 Å². The van der Waals surface area contributed by atoms with Crippen LogP contribution in [0.3, 0.4) is 0 Å². The van der Waals surface area contributed by atoms with Gasteiger partial charge < -0.3 is 4.90 Å². The Balaban J connectivity index is 2.08. The zero-order valence-electron chi connectivity index (χ0n) is 12.3. The van der Waals surface area contributed by atoms with Crippen molar-refractivity contribution in [1.82, 2.24) is 4.90 Å². The average molecular weight is 287 g/mol. The van der Waals surface area contributed by atoms with Gasteiger partial charge in [-0.15, -0.1) is 11.8 Å². The van der Waals surface area contributed by atoms with Gasteiger partial charge in [0.05, 0.1) is 5.92 Å². The molecule has 0 unspecified atom stereocenters. The Bertz CT molecular complexity index is 566. The van der Waals surface area contributed by atoms with Crippen LogP contribution >= 0.6 is 11.8 Å². The topological polar surface area (TPSA) is 20.3 Å². The molecule has 0 aliphatic carbocycles. The molecule has 3 rings (SSSR count). The standard InChI is InChI=1S/C17H21NOS/c1-12(2)14-15(19)18-10-16(3,4)11-20-17(14,18)13-8-6-5-7-9-13/h5-9,14H,1,10-11H2,2-4H3/t14-,17+/m0/s1. The van der Waals surface area contributed by atoms with Crippen molar-refractivity contribution >= 4 is 17.7 Å². The third kappa shape index (κ3) is 1.76. The molecule has 0 bridgehead atoms. The summed E-state index contributed by atoms with van der Waals surface area (Å²) >= 11 is 1.90. The Morgan fingerprint density at radius 3 is 2.60 bits per heavy atom. The van der Waals surface area contributed by atoms with Crippen molar-refractivity contribution in [3.63, 3.8) is 0 Å². The fourth-order valence-corrected chi connectivity index (χ4v) is 5.12. The van der Waals surface area contributed by atoms with Gasteiger partial charge in [0.1, 0.15) is 4.87 Å². The van der Waals surface area contributed by atoms with Crippen molar-refractivity contribution in [2.24, 2.45) is 11.3 Å². The Morgan fingerprint density at radius 1 is 1.35 bits per heavy atom. The molecule has 2 saturated heterocycles. The largest absolute Gasteiger partial charge is 0.322 e. The fourth-order valence-electron chi connectivity index (χ4n) is 3.34. The third-order valence-electron chi connectivity index (χ3n) is 4.25. The van der Waals surface area contributed by atoms with Crippen LogP contribution in [0.25, 0.3) is 0 Å². The summed E-state index contributed by atoms with van der Waals surface area (Å²) in [6, 6.07) is 10.4. The lowest BCUT2D eigenvalue weighted by atomic mass is 9.75. The van der Waals surface area contributed by atoms with Gasteiger partial charge in [-0.05, 0) is 17.9 Å². The van der Waals surface area contributed by atoms with Crippen LogP contribution in [-0.2, 0) is 9.67 Å². The number of hydrogen-bond donors (Lipinski definition) is 0. The number of carbonyl (C=O) groups is 1. The average Bonchev–Trinajstić information content (AvgIpc) is 2.40. The predicted molar refractivity (Wildman–Crippen MR) is 84.4 cm³/mol. The van der Waals surface area contributed by atoms with E-state index in [0.717, 1.165) is 17.9 Å². The molecule has 0 N–H and O–H groups in total. The van der Waals surface area contributed by atoms with E-state index >= 15 is 0 Å². The van der Waals surface area contributed by atoms with Gasteiger partial charge in [-0.3, -0.25) is 4.79 Å². The smallest absolute Gasteiger partial charge is 0.234 e. The van der Waals surface area contributed by atoms with E-state index in [2.05, 4.69) is 49.6 Å². The summed E-state index contributed by atoms with van der Waals surface area (Å²) in [5.74, 6) is 1.22. The normalized spacial score (nSPS) is 31.4. The lowest BCUT2D eigenvalue weighted by Gasteiger charge is -2.62. The number of rotatable bonds is 2. The molecule has 2 aliphatic heterocycles. The van der Waals surface area contributed by atoms with Gasteiger partial charge in [-0.1, -0.05) is 56.3 Å². The van der Waals surface area contributed by atoms with E-state index in [1.54, 1.807) is 0 Å². The summed E-state index contributed by atoms with van der Waals surface area (Å²) in [5, 5.41) is 0. The Hall–Kier alpha value is -1.22. The summed E-state index contributed by atoms with van der Waals surface area (Å²) in [4.78, 5) is 14.4. The summed E-state index contributed by atoms with van der Waals surface area (Å²) in [6.07, 6.45) is 0. The van der Waals surface area contributed by atoms with Crippen LogP contribution in [0.4, 0.5) is 0 Å². The molecule has 3 heteroatoms. The maximum atomic E-state index is 12.6. The molecule has 2 atom stereocenters. The molecule has 2 aliphatic rings. The Kier molecular flexibility index (Phi) is 3.02. The Labute approximate surface area is 125 Å². The predicted octanol–water partition coefficient (Wildman–Crippen LogP) is 3.65. The minimum atomic E-state index is -0.223. The SMILES string of the molecule is C=C(C)[C@H]1C(=O)N2CC(C)(C)CS[C@]12c1ccccc1. The maximum absolute atomic E-state index is 12.6. The summed E-state index contributed by atoms with van der Waals surface area (Å²) in [7, 11) is 0. The van der Waals surface area contributed by atoms with Crippen LogP contribution in [0.5, 0.6) is 0 Å². The first kappa shape index (κ1) is 13.7. The van der Waals surface area contributed by atoms with Crippen molar-refractivity contribution in [1.29, 1.82) is 0 Å². The van der Waals surface area contributed by atoms with Crippen LogP contribution in [-0.4, -0.2) is 23.1 Å². The molecule has 2 nitrogen and oxygen atoms in total. The van der Waals surface area contributed by atoms with Crippen LogP contribution in [0, 0.1) is 11.3 Å². The van der Waals surface area contributed by atoms with E-state index in [4.69, 9.17) is 0 Å². The van der Waals surface area contributed by atoms with Gasteiger partial charge in [0, 0.05) is 12.3 Å². The molecule has 0 saturated carbocycles. The highest BCUT2D eigenvalue weighted by molar-refractivity contribution is 8.00. The van der Waals surface area contributed by atoms with Crippen molar-refractivity contribution < 1.29 is 4.79 Å². The van der Waals surface area contributed by atoms with E-state index in [0.29, 0.717) is 0 Å². The van der Waals surface area contributed by atoms with Crippen LogP contribution in [0.2, 0.25) is 0 Å². The van der Waals surface area contributed by atoms with E-state index in [1.807, 2.05) is 24.8 Å². The lowest BCUT2D eigenvalue weighted by molar-refractivity contribution is -0.161. The van der Waals surface area contributed by atoms with Crippen LogP contribution in [0.15, 0.2) is 42.5 Å². The molecule has 1 aromatic rings. The molecule has 0 spiro atoms. The van der Waals surface area contributed by atoms with E-state index in [-0.39, 0.29) is 22.1 Å². The van der Waals surface area contributed by atoms with Crippen molar-refractivity contribution in [2.75, 3.05) is 12.3 Å². The molecule has 1 amide bonds. The number of hydrogen-bond acceptors (Lipinski definition) is 2. The van der Waals surface area contributed by atoms with Crippen molar-refractivity contribution in [3.05, 3.63) is 48.0 Å². The molecular formula is C17H21NOS. The number of nitrogens with zero attached hydrogens (tertiary/aromatic N) is 1. The summed E-state index contributed by atoms with van der Waals surface area (Å²) < 4.78 is 0. The first-order valence-electron chi connectivity index (χ1n) is 7.05. The minimum absolute atomic E-state index is 0.0778. The molecule has 20 heavy (non-hydrogen) atoms. The zero-order valence-corrected chi connectivity index (χ0v) is 13.2.